The molecule has 0 unspecified atom stereocenters. The van der Waals surface area contributed by atoms with E-state index < -0.39 is 0 Å². The predicted octanol–water partition coefficient (Wildman–Crippen LogP) is 2.81. The largest absolute Gasteiger partial charge is 0.301 e. The van der Waals surface area contributed by atoms with Gasteiger partial charge in [-0.05, 0) is 26.0 Å². The third kappa shape index (κ3) is 2.58. The number of hydrogen-bond acceptors (Lipinski definition) is 3. The van der Waals surface area contributed by atoms with Gasteiger partial charge in [0.25, 0.3) is 5.91 Å². The summed E-state index contributed by atoms with van der Waals surface area (Å²) in [5.41, 5.74) is 0.329. The molecule has 1 amide bonds. The van der Waals surface area contributed by atoms with Gasteiger partial charge in [-0.2, -0.15) is 0 Å². The molecule has 1 aromatic carbocycles. The number of carbonyl (C=O) groups excluding carboxylic acids is 1. The second kappa shape index (κ2) is 4.37. The van der Waals surface area contributed by atoms with Crippen LogP contribution in [-0.2, 0) is 0 Å². The fourth-order valence-corrected chi connectivity index (χ4v) is 2.34. The maximum Gasteiger partial charge on any atom is 0.257 e. The van der Waals surface area contributed by atoms with Crippen molar-refractivity contribution in [1.82, 2.24) is 5.32 Å². The minimum atomic E-state index is -0.302. The van der Waals surface area contributed by atoms with E-state index in [0.29, 0.717) is 10.7 Å². The van der Waals surface area contributed by atoms with Crippen LogP contribution >= 0.6 is 11.8 Å². The smallest absolute Gasteiger partial charge is 0.257 e. The molecule has 0 aromatic heterocycles. The molecule has 1 aliphatic heterocycles. The monoisotopic (exact) mass is 246 g/mol. The van der Waals surface area contributed by atoms with E-state index in [0.717, 1.165) is 4.91 Å². The molecule has 1 aliphatic rings. The minimum Gasteiger partial charge on any atom is -0.301 e. The Morgan fingerprint density at radius 1 is 1.35 bits per heavy atom. The van der Waals surface area contributed by atoms with Gasteiger partial charge >= 0.3 is 0 Å². The van der Waals surface area contributed by atoms with Crippen molar-refractivity contribution in [2.24, 2.45) is 4.99 Å². The van der Waals surface area contributed by atoms with Crippen LogP contribution in [0.1, 0.15) is 24.2 Å². The van der Waals surface area contributed by atoms with Gasteiger partial charge in [0.1, 0.15) is 0 Å². The van der Waals surface area contributed by atoms with Gasteiger partial charge in [0.2, 0.25) is 0 Å². The van der Waals surface area contributed by atoms with Crippen molar-refractivity contribution in [3.63, 3.8) is 0 Å². The van der Waals surface area contributed by atoms with E-state index in [1.807, 2.05) is 32.0 Å². The number of thioether (sulfide) groups is 1. The Kier molecular flexibility index (Phi) is 3.07. The third-order valence-electron chi connectivity index (χ3n) is 2.54. The fourth-order valence-electron chi connectivity index (χ4n) is 1.39. The Balaban J connectivity index is 2.09. The van der Waals surface area contributed by atoms with Crippen LogP contribution in [0.2, 0.25) is 0 Å². The number of hydrogen-bond donors (Lipinski definition) is 1. The number of carbonyl (C=O) groups is 1. The summed E-state index contributed by atoms with van der Waals surface area (Å²) in [5, 5.41) is 3.41. The summed E-state index contributed by atoms with van der Waals surface area (Å²) in [4.78, 5) is 17.2. The number of nitrogens with zero attached hydrogens (tertiary/aromatic N) is 1. The average Bonchev–Trinajstić information content (AvgIpc) is 2.53. The van der Waals surface area contributed by atoms with Crippen molar-refractivity contribution in [1.29, 1.82) is 0 Å². The summed E-state index contributed by atoms with van der Waals surface area (Å²) in [6, 6.07) is 9.09. The van der Waals surface area contributed by atoms with Gasteiger partial charge < -0.3 is 5.32 Å². The number of benzene rings is 1. The minimum absolute atomic E-state index is 0.137. The summed E-state index contributed by atoms with van der Waals surface area (Å²) in [5.74, 6) is -0.137. The summed E-state index contributed by atoms with van der Waals surface area (Å²) in [6.45, 7) is 7.89. The van der Waals surface area contributed by atoms with E-state index in [2.05, 4.69) is 16.9 Å². The number of aliphatic imine (C=N–C) groups is 1. The van der Waals surface area contributed by atoms with Crippen molar-refractivity contribution in [3.05, 3.63) is 47.4 Å². The zero-order valence-corrected chi connectivity index (χ0v) is 10.7. The summed E-state index contributed by atoms with van der Waals surface area (Å²) >= 11 is 1.42. The first-order valence-corrected chi connectivity index (χ1v) is 6.14. The lowest BCUT2D eigenvalue weighted by molar-refractivity contribution is 0.0978. The molecule has 0 spiro atoms. The topological polar surface area (TPSA) is 41.5 Å². The highest BCUT2D eigenvalue weighted by Crippen LogP contribution is 2.36. The molecule has 0 radical (unpaired) electrons. The standard InChI is InChI=1S/C13H14N2OS/c1-9-13(2,3)15-12(17-9)14-11(16)10-7-5-4-6-8-10/h4-8H,1H2,2-3H3,(H,14,15,16). The van der Waals surface area contributed by atoms with E-state index in [4.69, 9.17) is 0 Å². The van der Waals surface area contributed by atoms with Gasteiger partial charge in [0.05, 0.1) is 5.54 Å². The Labute approximate surface area is 105 Å². The Bertz CT molecular complexity index is 491. The normalized spacial score (nSPS) is 17.8. The Morgan fingerprint density at radius 3 is 2.53 bits per heavy atom. The highest BCUT2D eigenvalue weighted by atomic mass is 32.2. The molecular weight excluding hydrogens is 232 g/mol. The summed E-state index contributed by atoms with van der Waals surface area (Å²) in [6.07, 6.45) is 0. The quantitative estimate of drug-likeness (QED) is 0.828. The van der Waals surface area contributed by atoms with E-state index in [9.17, 15) is 4.79 Å². The lowest BCUT2D eigenvalue weighted by atomic mass is 10.1. The van der Waals surface area contributed by atoms with Crippen LogP contribution in [0.15, 0.2) is 46.8 Å². The molecule has 1 heterocycles. The first-order valence-electron chi connectivity index (χ1n) is 5.32. The zero-order chi connectivity index (χ0) is 12.5. The van der Waals surface area contributed by atoms with E-state index in [1.54, 1.807) is 12.1 Å². The second-order valence-corrected chi connectivity index (χ2v) is 5.40. The Morgan fingerprint density at radius 2 is 2.00 bits per heavy atom. The predicted molar refractivity (Wildman–Crippen MR) is 72.2 cm³/mol. The molecule has 1 N–H and O–H groups in total. The molecule has 0 bridgehead atoms. The lowest BCUT2D eigenvalue weighted by Gasteiger charge is -2.12. The van der Waals surface area contributed by atoms with Gasteiger partial charge in [-0.1, -0.05) is 36.5 Å². The molecule has 0 saturated heterocycles. The van der Waals surface area contributed by atoms with Crippen LogP contribution in [0.5, 0.6) is 0 Å². The molecule has 17 heavy (non-hydrogen) atoms. The zero-order valence-electron chi connectivity index (χ0n) is 9.86. The number of nitrogens with one attached hydrogen (secondary N) is 1. The van der Waals surface area contributed by atoms with Crippen LogP contribution in [0, 0.1) is 0 Å². The highest BCUT2D eigenvalue weighted by Gasteiger charge is 2.30. The van der Waals surface area contributed by atoms with Crippen molar-refractivity contribution in [2.75, 3.05) is 0 Å². The molecule has 4 heteroatoms. The molecule has 1 aromatic rings. The summed E-state index contributed by atoms with van der Waals surface area (Å²) in [7, 11) is 0. The Hall–Kier alpha value is -1.55. The van der Waals surface area contributed by atoms with Crippen LogP contribution in [0.4, 0.5) is 0 Å². The molecule has 0 fully saturated rings. The summed E-state index contributed by atoms with van der Waals surface area (Å²) < 4.78 is 0. The van der Waals surface area contributed by atoms with E-state index in [1.165, 1.54) is 11.8 Å². The van der Waals surface area contributed by atoms with Crippen LogP contribution in [0.25, 0.3) is 0 Å². The van der Waals surface area contributed by atoms with E-state index in [-0.39, 0.29) is 11.4 Å². The lowest BCUT2D eigenvalue weighted by Crippen LogP contribution is -2.27. The van der Waals surface area contributed by atoms with Gasteiger partial charge in [-0.25, -0.2) is 0 Å². The van der Waals surface area contributed by atoms with Crippen molar-refractivity contribution < 1.29 is 4.79 Å². The molecule has 2 rings (SSSR count). The molecule has 0 saturated carbocycles. The van der Waals surface area contributed by atoms with Gasteiger partial charge in [0.15, 0.2) is 5.17 Å². The molecule has 3 nitrogen and oxygen atoms in total. The highest BCUT2D eigenvalue weighted by molar-refractivity contribution is 8.17. The second-order valence-electron chi connectivity index (χ2n) is 4.32. The SMILES string of the molecule is C=C1SC(NC(=O)c2ccccc2)=NC1(C)C. The first kappa shape index (κ1) is 11.9. The molecule has 0 aliphatic carbocycles. The number of amidine groups is 1. The number of amides is 1. The van der Waals surface area contributed by atoms with Gasteiger partial charge in [-0.15, -0.1) is 0 Å². The molecule has 0 atom stereocenters. The molecule has 88 valence electrons. The van der Waals surface area contributed by atoms with Gasteiger partial charge in [0, 0.05) is 10.5 Å². The van der Waals surface area contributed by atoms with Crippen molar-refractivity contribution in [3.8, 4) is 0 Å². The van der Waals surface area contributed by atoms with Gasteiger partial charge in [-0.3, -0.25) is 9.79 Å². The van der Waals surface area contributed by atoms with Crippen molar-refractivity contribution >= 4 is 22.8 Å². The van der Waals surface area contributed by atoms with Crippen molar-refractivity contribution in [2.45, 2.75) is 19.4 Å². The number of rotatable bonds is 1. The first-order chi connectivity index (χ1) is 7.99. The maximum absolute atomic E-state index is 11.9. The fraction of sp³-hybridized carbons (Fsp3) is 0.231. The average molecular weight is 246 g/mol. The maximum atomic E-state index is 11.9. The van der Waals surface area contributed by atoms with E-state index >= 15 is 0 Å². The molecular formula is C13H14N2OS. The van der Waals surface area contributed by atoms with Crippen LogP contribution in [-0.4, -0.2) is 16.6 Å². The van der Waals surface area contributed by atoms with Crippen LogP contribution in [0.3, 0.4) is 0 Å². The third-order valence-corrected chi connectivity index (χ3v) is 3.67. The van der Waals surface area contributed by atoms with Crippen LogP contribution < -0.4 is 5.32 Å².